The molecule has 1 aromatic heterocycles. The highest BCUT2D eigenvalue weighted by molar-refractivity contribution is 7.89. The van der Waals surface area contributed by atoms with Gasteiger partial charge in [0.05, 0.1) is 17.7 Å². The van der Waals surface area contributed by atoms with Gasteiger partial charge in [0.1, 0.15) is 11.6 Å². The topological polar surface area (TPSA) is 53.8 Å². The van der Waals surface area contributed by atoms with Crippen LogP contribution in [-0.4, -0.2) is 43.8 Å². The summed E-state index contributed by atoms with van der Waals surface area (Å²) in [6, 6.07) is 7.60. The number of rotatable bonds is 4. The van der Waals surface area contributed by atoms with Gasteiger partial charge in [0, 0.05) is 26.2 Å². The van der Waals surface area contributed by atoms with E-state index in [0.717, 1.165) is 11.8 Å². The van der Waals surface area contributed by atoms with Crippen LogP contribution >= 0.6 is 0 Å². The molecule has 1 aliphatic heterocycles. The molecule has 5 nitrogen and oxygen atoms in total. The van der Waals surface area contributed by atoms with E-state index < -0.39 is 15.8 Å². The van der Waals surface area contributed by atoms with Crippen LogP contribution in [-0.2, 0) is 16.6 Å². The number of aryl methyl sites for hydroxylation is 1. The zero-order valence-corrected chi connectivity index (χ0v) is 13.7. The molecule has 1 fully saturated rings. The van der Waals surface area contributed by atoms with Crippen LogP contribution in [0.25, 0.3) is 0 Å². The van der Waals surface area contributed by atoms with Crippen LogP contribution in [0.15, 0.2) is 45.9 Å². The zero-order chi connectivity index (χ0) is 16.4. The van der Waals surface area contributed by atoms with Crippen molar-refractivity contribution >= 4 is 10.0 Å². The highest BCUT2D eigenvalue weighted by Crippen LogP contribution is 2.22. The molecule has 0 N–H and O–H groups in total. The smallest absolute Gasteiger partial charge is 0.243 e. The molecule has 23 heavy (non-hydrogen) atoms. The molecule has 2 aromatic rings. The Morgan fingerprint density at radius 1 is 1.17 bits per heavy atom. The average Bonchev–Trinajstić information content (AvgIpc) is 3.03. The molecule has 1 aliphatic rings. The second-order valence-electron chi connectivity index (χ2n) is 5.67. The fourth-order valence-electron chi connectivity index (χ4n) is 2.74. The van der Waals surface area contributed by atoms with Crippen LogP contribution in [0.5, 0.6) is 0 Å². The van der Waals surface area contributed by atoms with Gasteiger partial charge in [-0.05, 0) is 36.8 Å². The molecular formula is C16H19FN2O3S. The monoisotopic (exact) mass is 338 g/mol. The molecule has 124 valence electrons. The summed E-state index contributed by atoms with van der Waals surface area (Å²) in [5.74, 6) is 0.327. The third kappa shape index (κ3) is 3.46. The molecular weight excluding hydrogens is 319 g/mol. The molecule has 0 bridgehead atoms. The Kier molecular flexibility index (Phi) is 4.52. The molecule has 0 spiro atoms. The summed E-state index contributed by atoms with van der Waals surface area (Å²) in [7, 11) is -3.66. The van der Waals surface area contributed by atoms with E-state index in [-0.39, 0.29) is 4.90 Å². The largest absolute Gasteiger partial charge is 0.468 e. The molecule has 0 unspecified atom stereocenters. The number of furan rings is 1. The van der Waals surface area contributed by atoms with E-state index in [9.17, 15) is 12.8 Å². The lowest BCUT2D eigenvalue weighted by atomic mass is 10.2. The quantitative estimate of drug-likeness (QED) is 0.858. The number of piperazine rings is 1. The van der Waals surface area contributed by atoms with Crippen molar-refractivity contribution in [3.63, 3.8) is 0 Å². The van der Waals surface area contributed by atoms with Gasteiger partial charge in [-0.2, -0.15) is 4.31 Å². The standard InChI is InChI=1S/C16H19FN2O3S/c1-13-4-5-14(17)11-16(13)23(20,21)19-8-6-18(7-9-19)12-15-3-2-10-22-15/h2-5,10-11H,6-9,12H2,1H3. The predicted molar refractivity (Wildman–Crippen MR) is 83.9 cm³/mol. The van der Waals surface area contributed by atoms with E-state index in [1.165, 1.54) is 16.4 Å². The maximum Gasteiger partial charge on any atom is 0.243 e. The Labute approximate surface area is 135 Å². The molecule has 0 amide bonds. The first-order valence-corrected chi connectivity index (χ1v) is 8.92. The highest BCUT2D eigenvalue weighted by Gasteiger charge is 2.30. The lowest BCUT2D eigenvalue weighted by molar-refractivity contribution is 0.171. The fourth-order valence-corrected chi connectivity index (χ4v) is 4.40. The molecule has 3 rings (SSSR count). The highest BCUT2D eigenvalue weighted by atomic mass is 32.2. The molecule has 7 heteroatoms. The Morgan fingerprint density at radius 2 is 1.91 bits per heavy atom. The van der Waals surface area contributed by atoms with Crippen LogP contribution in [0.4, 0.5) is 4.39 Å². The molecule has 1 aromatic carbocycles. The molecule has 2 heterocycles. The number of halogens is 1. The minimum absolute atomic E-state index is 0.0528. The summed E-state index contributed by atoms with van der Waals surface area (Å²) >= 11 is 0. The third-order valence-electron chi connectivity index (χ3n) is 4.06. The summed E-state index contributed by atoms with van der Waals surface area (Å²) in [6.45, 7) is 4.36. The van der Waals surface area contributed by atoms with Crippen molar-refractivity contribution in [3.05, 3.63) is 53.7 Å². The van der Waals surface area contributed by atoms with Gasteiger partial charge < -0.3 is 4.42 Å². The summed E-state index contributed by atoms with van der Waals surface area (Å²) in [5.41, 5.74) is 0.560. The van der Waals surface area contributed by atoms with Gasteiger partial charge in [0.15, 0.2) is 0 Å². The Morgan fingerprint density at radius 3 is 2.57 bits per heavy atom. The van der Waals surface area contributed by atoms with E-state index >= 15 is 0 Å². The van der Waals surface area contributed by atoms with Crippen molar-refractivity contribution in [2.24, 2.45) is 0 Å². The van der Waals surface area contributed by atoms with E-state index in [1.807, 2.05) is 12.1 Å². The van der Waals surface area contributed by atoms with Gasteiger partial charge in [0.25, 0.3) is 0 Å². The maximum atomic E-state index is 13.4. The lowest BCUT2D eigenvalue weighted by Crippen LogP contribution is -2.48. The first-order chi connectivity index (χ1) is 11.0. The van der Waals surface area contributed by atoms with Gasteiger partial charge >= 0.3 is 0 Å². The van der Waals surface area contributed by atoms with Gasteiger partial charge in [-0.25, -0.2) is 12.8 Å². The van der Waals surface area contributed by atoms with Gasteiger partial charge in [-0.1, -0.05) is 6.07 Å². The van der Waals surface area contributed by atoms with Crippen LogP contribution in [0.2, 0.25) is 0 Å². The van der Waals surface area contributed by atoms with Crippen molar-refractivity contribution < 1.29 is 17.2 Å². The number of hydrogen-bond donors (Lipinski definition) is 0. The number of sulfonamides is 1. The third-order valence-corrected chi connectivity index (χ3v) is 6.10. The molecule has 0 atom stereocenters. The Balaban J connectivity index is 1.70. The number of nitrogens with zero attached hydrogens (tertiary/aromatic N) is 2. The van der Waals surface area contributed by atoms with Crippen molar-refractivity contribution in [1.29, 1.82) is 0 Å². The summed E-state index contributed by atoms with van der Waals surface area (Å²) < 4.78 is 45.6. The lowest BCUT2D eigenvalue weighted by Gasteiger charge is -2.33. The van der Waals surface area contributed by atoms with Gasteiger partial charge in [-0.3, -0.25) is 4.90 Å². The van der Waals surface area contributed by atoms with E-state index in [1.54, 1.807) is 13.2 Å². The van der Waals surface area contributed by atoms with Crippen LogP contribution in [0.1, 0.15) is 11.3 Å². The van der Waals surface area contributed by atoms with E-state index in [0.29, 0.717) is 38.3 Å². The SMILES string of the molecule is Cc1ccc(F)cc1S(=O)(=O)N1CCN(Cc2ccco2)CC1. The summed E-state index contributed by atoms with van der Waals surface area (Å²) in [6.07, 6.45) is 1.63. The normalized spacial score (nSPS) is 17.5. The molecule has 0 aliphatic carbocycles. The second kappa shape index (κ2) is 6.43. The van der Waals surface area contributed by atoms with Crippen molar-refractivity contribution in [3.8, 4) is 0 Å². The summed E-state index contributed by atoms with van der Waals surface area (Å²) in [4.78, 5) is 2.19. The molecule has 0 radical (unpaired) electrons. The van der Waals surface area contributed by atoms with Crippen molar-refractivity contribution in [2.75, 3.05) is 26.2 Å². The minimum Gasteiger partial charge on any atom is -0.468 e. The van der Waals surface area contributed by atoms with E-state index in [4.69, 9.17) is 4.42 Å². The van der Waals surface area contributed by atoms with Crippen molar-refractivity contribution in [2.45, 2.75) is 18.4 Å². The first-order valence-electron chi connectivity index (χ1n) is 7.48. The predicted octanol–water partition coefficient (Wildman–Crippen LogP) is 2.23. The Bertz CT molecular complexity index is 767. The second-order valence-corrected chi connectivity index (χ2v) is 7.58. The Hall–Kier alpha value is -1.70. The van der Waals surface area contributed by atoms with Crippen molar-refractivity contribution in [1.82, 2.24) is 9.21 Å². The molecule has 0 saturated carbocycles. The number of benzene rings is 1. The fraction of sp³-hybridized carbons (Fsp3) is 0.375. The van der Waals surface area contributed by atoms with Crippen LogP contribution < -0.4 is 0 Å². The summed E-state index contributed by atoms with van der Waals surface area (Å²) in [5, 5.41) is 0. The molecule has 1 saturated heterocycles. The zero-order valence-electron chi connectivity index (χ0n) is 12.9. The van der Waals surface area contributed by atoms with Crippen LogP contribution in [0.3, 0.4) is 0 Å². The average molecular weight is 338 g/mol. The number of hydrogen-bond acceptors (Lipinski definition) is 4. The maximum absolute atomic E-state index is 13.4. The first kappa shape index (κ1) is 16.2. The minimum atomic E-state index is -3.66. The van der Waals surface area contributed by atoms with Crippen LogP contribution in [0, 0.1) is 12.7 Å². The van der Waals surface area contributed by atoms with Gasteiger partial charge in [-0.15, -0.1) is 0 Å². The van der Waals surface area contributed by atoms with E-state index in [2.05, 4.69) is 4.90 Å². The van der Waals surface area contributed by atoms with Gasteiger partial charge in [0.2, 0.25) is 10.0 Å².